The van der Waals surface area contributed by atoms with Crippen LogP contribution in [0.1, 0.15) is 54.0 Å². The zero-order chi connectivity index (χ0) is 17.8. The lowest BCUT2D eigenvalue weighted by atomic mass is 9.80. The maximum absolute atomic E-state index is 5.21. The van der Waals surface area contributed by atoms with E-state index in [2.05, 4.69) is 45.0 Å². The number of benzene rings is 1. The highest BCUT2D eigenvalue weighted by Gasteiger charge is 2.28. The van der Waals surface area contributed by atoms with Crippen molar-refractivity contribution in [3.8, 4) is 11.1 Å². The van der Waals surface area contributed by atoms with Gasteiger partial charge in [-0.05, 0) is 79.5 Å². The van der Waals surface area contributed by atoms with E-state index in [9.17, 15) is 0 Å². The van der Waals surface area contributed by atoms with E-state index in [-0.39, 0.29) is 0 Å². The summed E-state index contributed by atoms with van der Waals surface area (Å²) in [5.41, 5.74) is 8.81. The minimum atomic E-state index is 0.764. The molecule has 2 heterocycles. The number of aromatic nitrogens is 1. The van der Waals surface area contributed by atoms with Gasteiger partial charge in [0.15, 0.2) is 0 Å². The number of pyridine rings is 1. The van der Waals surface area contributed by atoms with E-state index >= 15 is 0 Å². The molecule has 2 atom stereocenters. The Morgan fingerprint density at radius 2 is 1.81 bits per heavy atom. The second-order valence-electron chi connectivity index (χ2n) is 8.66. The maximum atomic E-state index is 5.21. The molecule has 0 amide bonds. The van der Waals surface area contributed by atoms with E-state index in [1.807, 2.05) is 11.3 Å². The molecule has 0 fully saturated rings. The number of thiophene rings is 1. The Bertz CT molecular complexity index is 997. The molecule has 3 aromatic rings. The van der Waals surface area contributed by atoms with Crippen LogP contribution >= 0.6 is 11.3 Å². The van der Waals surface area contributed by atoms with Crippen LogP contribution in [-0.4, -0.2) is 4.98 Å². The largest absolute Gasteiger partial charge is 0.242 e. The first-order chi connectivity index (χ1) is 12.6. The summed E-state index contributed by atoms with van der Waals surface area (Å²) >= 11 is 1.98. The Labute approximate surface area is 160 Å². The van der Waals surface area contributed by atoms with Crippen LogP contribution in [0.2, 0.25) is 0 Å². The van der Waals surface area contributed by atoms with Gasteiger partial charge in [0.05, 0.1) is 0 Å². The molecule has 0 aliphatic heterocycles. The topological polar surface area (TPSA) is 12.9 Å². The normalized spacial score (nSPS) is 22.3. The van der Waals surface area contributed by atoms with E-state index in [1.165, 1.54) is 64.7 Å². The number of aryl methyl sites for hydroxylation is 3. The summed E-state index contributed by atoms with van der Waals surface area (Å²) in [5.74, 6) is 1.58. The summed E-state index contributed by atoms with van der Waals surface area (Å²) < 4.78 is 0. The van der Waals surface area contributed by atoms with Crippen LogP contribution < -0.4 is 0 Å². The van der Waals surface area contributed by atoms with E-state index in [1.54, 1.807) is 16.0 Å². The fraction of sp³-hybridized carbons (Fsp3) is 0.458. The van der Waals surface area contributed by atoms with Gasteiger partial charge in [-0.1, -0.05) is 43.7 Å². The lowest BCUT2D eigenvalue weighted by Gasteiger charge is -2.25. The van der Waals surface area contributed by atoms with E-state index in [0.29, 0.717) is 0 Å². The average molecular weight is 362 g/mol. The second kappa shape index (κ2) is 6.20. The number of rotatable bonds is 1. The van der Waals surface area contributed by atoms with Crippen LogP contribution in [0, 0.1) is 18.8 Å². The van der Waals surface area contributed by atoms with Gasteiger partial charge in [-0.15, -0.1) is 11.3 Å². The monoisotopic (exact) mass is 361 g/mol. The van der Waals surface area contributed by atoms with Gasteiger partial charge in [-0.3, -0.25) is 0 Å². The van der Waals surface area contributed by atoms with Crippen molar-refractivity contribution >= 4 is 21.6 Å². The van der Waals surface area contributed by atoms with Gasteiger partial charge in [0.2, 0.25) is 0 Å². The van der Waals surface area contributed by atoms with Crippen LogP contribution in [0.25, 0.3) is 21.3 Å². The van der Waals surface area contributed by atoms with Crippen molar-refractivity contribution in [2.24, 2.45) is 11.8 Å². The van der Waals surface area contributed by atoms with Gasteiger partial charge >= 0.3 is 0 Å². The molecule has 0 spiro atoms. The van der Waals surface area contributed by atoms with Gasteiger partial charge in [-0.2, -0.15) is 0 Å². The fourth-order valence-electron chi connectivity index (χ4n) is 4.94. The summed E-state index contributed by atoms with van der Waals surface area (Å²) in [4.78, 5) is 8.11. The van der Waals surface area contributed by atoms with Crippen molar-refractivity contribution < 1.29 is 0 Å². The zero-order valence-corrected chi connectivity index (χ0v) is 16.9. The van der Waals surface area contributed by atoms with Crippen molar-refractivity contribution in [2.75, 3.05) is 0 Å². The lowest BCUT2D eigenvalue weighted by molar-refractivity contribution is 0.496. The molecule has 1 aromatic carbocycles. The summed E-state index contributed by atoms with van der Waals surface area (Å²) in [5, 5.41) is 1.50. The van der Waals surface area contributed by atoms with Gasteiger partial charge < -0.3 is 0 Å². The molecule has 0 N–H and O–H groups in total. The highest BCUT2D eigenvalue weighted by atomic mass is 32.1. The van der Waals surface area contributed by atoms with Gasteiger partial charge in [0.25, 0.3) is 0 Å². The predicted molar refractivity (Wildman–Crippen MR) is 112 cm³/mol. The van der Waals surface area contributed by atoms with Crippen LogP contribution in [-0.2, 0) is 25.7 Å². The van der Waals surface area contributed by atoms with Crippen LogP contribution in [0.5, 0.6) is 0 Å². The van der Waals surface area contributed by atoms with Crippen molar-refractivity contribution in [3.05, 3.63) is 51.5 Å². The van der Waals surface area contributed by atoms with Crippen molar-refractivity contribution in [3.63, 3.8) is 0 Å². The summed E-state index contributed by atoms with van der Waals surface area (Å²) in [6, 6.07) is 9.12. The standard InChI is InChI=1S/C24H27NS/c1-14-5-4-6-17(11-14)22-19-12-15(2)8-10-20(19)25-24-23(22)18-9-7-16(3)13-21(18)26-24/h4-6,11,15-16H,7-10,12-13H2,1-3H3/t15-,16+/m1/s1. The molecule has 26 heavy (non-hydrogen) atoms. The van der Waals surface area contributed by atoms with Crippen molar-refractivity contribution in [2.45, 2.75) is 59.3 Å². The fourth-order valence-corrected chi connectivity index (χ4v) is 6.35. The molecule has 2 heteroatoms. The van der Waals surface area contributed by atoms with Crippen LogP contribution in [0.4, 0.5) is 0 Å². The minimum absolute atomic E-state index is 0.764. The third-order valence-electron chi connectivity index (χ3n) is 6.36. The number of hydrogen-bond donors (Lipinski definition) is 0. The highest BCUT2D eigenvalue weighted by Crippen LogP contribution is 2.45. The summed E-state index contributed by atoms with van der Waals surface area (Å²) in [6.45, 7) is 7.01. The Kier molecular flexibility index (Phi) is 3.93. The van der Waals surface area contributed by atoms with E-state index in [4.69, 9.17) is 4.98 Å². The minimum Gasteiger partial charge on any atom is -0.242 e. The second-order valence-corrected chi connectivity index (χ2v) is 9.75. The molecular formula is C24H27NS. The van der Waals surface area contributed by atoms with Crippen LogP contribution in [0.3, 0.4) is 0 Å². The Morgan fingerprint density at radius 3 is 2.65 bits per heavy atom. The molecule has 134 valence electrons. The number of nitrogens with zero attached hydrogens (tertiary/aromatic N) is 1. The molecule has 1 nitrogen and oxygen atoms in total. The van der Waals surface area contributed by atoms with Crippen molar-refractivity contribution in [1.82, 2.24) is 4.98 Å². The smallest absolute Gasteiger partial charge is 0.124 e. The molecule has 0 saturated carbocycles. The molecule has 0 radical (unpaired) electrons. The molecule has 0 saturated heterocycles. The van der Waals surface area contributed by atoms with Gasteiger partial charge in [-0.25, -0.2) is 4.98 Å². The van der Waals surface area contributed by atoms with E-state index in [0.717, 1.165) is 18.3 Å². The molecular weight excluding hydrogens is 334 g/mol. The Hall–Kier alpha value is -1.67. The first kappa shape index (κ1) is 16.5. The van der Waals surface area contributed by atoms with Gasteiger partial charge in [0, 0.05) is 16.0 Å². The first-order valence-corrected chi connectivity index (χ1v) is 10.9. The molecule has 2 aliphatic rings. The molecule has 0 unspecified atom stereocenters. The SMILES string of the molecule is Cc1cccc(-c2c3c(nc4sc5c(c24)CC[C@H](C)C5)CC[C@@H](C)C3)c1. The number of fused-ring (bicyclic) bond motifs is 4. The summed E-state index contributed by atoms with van der Waals surface area (Å²) in [7, 11) is 0. The maximum Gasteiger partial charge on any atom is 0.124 e. The molecule has 5 rings (SSSR count). The zero-order valence-electron chi connectivity index (χ0n) is 16.1. The van der Waals surface area contributed by atoms with Gasteiger partial charge in [0.1, 0.15) is 4.83 Å². The molecule has 2 aromatic heterocycles. The lowest BCUT2D eigenvalue weighted by Crippen LogP contribution is -2.15. The highest BCUT2D eigenvalue weighted by molar-refractivity contribution is 7.19. The average Bonchev–Trinajstić information content (AvgIpc) is 2.96. The quantitative estimate of drug-likeness (QED) is 0.481. The Morgan fingerprint density at radius 1 is 1.00 bits per heavy atom. The Balaban J connectivity index is 1.85. The summed E-state index contributed by atoms with van der Waals surface area (Å²) in [6.07, 6.45) is 7.39. The predicted octanol–water partition coefficient (Wildman–Crippen LogP) is 6.52. The van der Waals surface area contributed by atoms with Crippen molar-refractivity contribution in [1.29, 1.82) is 0 Å². The first-order valence-electron chi connectivity index (χ1n) is 10.1. The molecule has 0 bridgehead atoms. The van der Waals surface area contributed by atoms with E-state index < -0.39 is 0 Å². The number of hydrogen-bond acceptors (Lipinski definition) is 2. The third kappa shape index (κ3) is 2.62. The van der Waals surface area contributed by atoms with Crippen LogP contribution in [0.15, 0.2) is 24.3 Å². The third-order valence-corrected chi connectivity index (χ3v) is 7.51. The molecule has 2 aliphatic carbocycles.